The summed E-state index contributed by atoms with van der Waals surface area (Å²) in [5.74, 6) is -3.70. The molecule has 2 rings (SSSR count). The highest BCUT2D eigenvalue weighted by Crippen LogP contribution is 2.40. The molecule has 180 valence electrons. The summed E-state index contributed by atoms with van der Waals surface area (Å²) in [4.78, 5) is 50.2. The highest BCUT2D eigenvalue weighted by atomic mass is 32.1. The van der Waals surface area contributed by atoms with Gasteiger partial charge in [-0.05, 0) is 63.9 Å². The van der Waals surface area contributed by atoms with Crippen molar-refractivity contribution in [3.8, 4) is 0 Å². The molecule has 0 fully saturated rings. The summed E-state index contributed by atoms with van der Waals surface area (Å²) in [6, 6.07) is 1.78. The van der Waals surface area contributed by atoms with Gasteiger partial charge in [0.05, 0.1) is 30.3 Å². The van der Waals surface area contributed by atoms with Crippen LogP contribution >= 0.6 is 11.3 Å². The lowest BCUT2D eigenvalue weighted by atomic mass is 9.81. The molecule has 2 heterocycles. The van der Waals surface area contributed by atoms with Crippen molar-refractivity contribution in [3.63, 3.8) is 0 Å². The zero-order chi connectivity index (χ0) is 24.7. The Hall–Kier alpha value is -3.14. The van der Waals surface area contributed by atoms with Gasteiger partial charge in [0, 0.05) is 11.4 Å². The van der Waals surface area contributed by atoms with E-state index in [-0.39, 0.29) is 24.4 Å². The molecule has 0 aromatic carbocycles. The van der Waals surface area contributed by atoms with Crippen LogP contribution in [0.25, 0.3) is 0 Å². The summed E-state index contributed by atoms with van der Waals surface area (Å²) >= 11 is 1.40. The maximum absolute atomic E-state index is 13.2. The van der Waals surface area contributed by atoms with E-state index in [9.17, 15) is 19.2 Å². The van der Waals surface area contributed by atoms with E-state index in [4.69, 9.17) is 18.9 Å². The third-order valence-electron chi connectivity index (χ3n) is 4.88. The molecule has 0 spiro atoms. The Labute approximate surface area is 196 Å². The van der Waals surface area contributed by atoms with Crippen LogP contribution in [0, 0.1) is 0 Å². The van der Waals surface area contributed by atoms with Crippen LogP contribution in [0.1, 0.15) is 53.0 Å². The number of dihydropyridines is 1. The van der Waals surface area contributed by atoms with E-state index in [2.05, 4.69) is 5.32 Å². The number of allylic oxidation sites excluding steroid dienone is 2. The van der Waals surface area contributed by atoms with Crippen molar-refractivity contribution in [2.45, 2.75) is 59.7 Å². The molecule has 0 aliphatic carbocycles. The van der Waals surface area contributed by atoms with Crippen LogP contribution in [0.5, 0.6) is 0 Å². The number of hydrogen-bond acceptors (Lipinski definition) is 10. The molecule has 0 saturated carbocycles. The smallest absolute Gasteiger partial charge is 0.347 e. The Morgan fingerprint density at radius 3 is 1.73 bits per heavy atom. The molecule has 1 aromatic heterocycles. The predicted molar refractivity (Wildman–Crippen MR) is 120 cm³/mol. The van der Waals surface area contributed by atoms with E-state index in [0.29, 0.717) is 17.0 Å². The summed E-state index contributed by atoms with van der Waals surface area (Å²) < 4.78 is 20.5. The quantitative estimate of drug-likeness (QED) is 0.421. The minimum Gasteiger partial charge on any atom is -0.463 e. The first-order valence-electron chi connectivity index (χ1n) is 10.6. The Morgan fingerprint density at radius 2 is 1.36 bits per heavy atom. The van der Waals surface area contributed by atoms with Crippen molar-refractivity contribution < 1.29 is 38.1 Å². The Bertz CT molecular complexity index is 903. The molecule has 1 N–H and O–H groups in total. The van der Waals surface area contributed by atoms with Gasteiger partial charge in [-0.1, -0.05) is 0 Å². The Kier molecular flexibility index (Phi) is 9.22. The van der Waals surface area contributed by atoms with Crippen molar-refractivity contribution >= 4 is 35.2 Å². The summed E-state index contributed by atoms with van der Waals surface area (Å²) in [6.07, 6.45) is -2.26. The summed E-state index contributed by atoms with van der Waals surface area (Å²) in [5.41, 5.74) is 1.93. The molecule has 9 nitrogen and oxygen atoms in total. The molecule has 2 atom stereocenters. The number of nitrogens with one attached hydrogen (secondary N) is 1. The molecule has 1 aliphatic heterocycles. The molecule has 0 saturated heterocycles. The number of esters is 4. The van der Waals surface area contributed by atoms with Crippen molar-refractivity contribution in [2.75, 3.05) is 13.2 Å². The number of rotatable bonds is 9. The van der Waals surface area contributed by atoms with E-state index >= 15 is 0 Å². The van der Waals surface area contributed by atoms with Crippen molar-refractivity contribution in [1.29, 1.82) is 0 Å². The van der Waals surface area contributed by atoms with Gasteiger partial charge in [0.25, 0.3) is 0 Å². The van der Waals surface area contributed by atoms with E-state index < -0.39 is 42.0 Å². The number of carbonyl (C=O) groups is 4. The van der Waals surface area contributed by atoms with Gasteiger partial charge in [0.2, 0.25) is 0 Å². The van der Waals surface area contributed by atoms with Gasteiger partial charge in [-0.15, -0.1) is 0 Å². The second kappa shape index (κ2) is 11.6. The molecule has 10 heteroatoms. The maximum atomic E-state index is 13.2. The minimum absolute atomic E-state index is 0.151. The number of thiophene rings is 1. The van der Waals surface area contributed by atoms with Crippen LogP contribution in [0.4, 0.5) is 0 Å². The van der Waals surface area contributed by atoms with E-state index in [1.165, 1.54) is 25.2 Å². The van der Waals surface area contributed by atoms with Crippen LogP contribution in [-0.4, -0.2) is 49.3 Å². The molecule has 0 radical (unpaired) electrons. The minimum atomic E-state index is -1.13. The van der Waals surface area contributed by atoms with Gasteiger partial charge in [-0.2, -0.15) is 11.3 Å². The normalized spacial score (nSPS) is 15.9. The zero-order valence-electron chi connectivity index (χ0n) is 19.6. The third-order valence-corrected chi connectivity index (χ3v) is 5.58. The topological polar surface area (TPSA) is 117 Å². The maximum Gasteiger partial charge on any atom is 0.347 e. The fourth-order valence-electron chi connectivity index (χ4n) is 3.37. The van der Waals surface area contributed by atoms with Crippen molar-refractivity contribution in [2.24, 2.45) is 0 Å². The van der Waals surface area contributed by atoms with Gasteiger partial charge in [0.1, 0.15) is 0 Å². The summed E-state index contributed by atoms with van der Waals surface area (Å²) in [6.45, 7) is 9.79. The second-order valence-corrected chi connectivity index (χ2v) is 8.07. The molecule has 0 amide bonds. The van der Waals surface area contributed by atoms with Crippen LogP contribution in [0.3, 0.4) is 0 Å². The van der Waals surface area contributed by atoms with E-state index in [0.717, 1.165) is 0 Å². The first-order valence-corrected chi connectivity index (χ1v) is 11.5. The predicted octanol–water partition coefficient (Wildman–Crippen LogP) is 2.97. The summed E-state index contributed by atoms with van der Waals surface area (Å²) in [7, 11) is 0. The lowest BCUT2D eigenvalue weighted by Gasteiger charge is -2.30. The molecular formula is C23H29NO8S. The van der Waals surface area contributed by atoms with Crippen LogP contribution in [0.2, 0.25) is 0 Å². The molecule has 1 aliphatic rings. The van der Waals surface area contributed by atoms with E-state index in [1.54, 1.807) is 39.1 Å². The number of carbonyl (C=O) groups excluding carboxylic acids is 4. The average molecular weight is 480 g/mol. The standard InChI is InChI=1S/C23H29NO8S/c1-7-29-20(25)14(5)31-22(27)17-12(3)24-13(4)18(19(17)16-9-10-33-11-16)23(28)32-15(6)21(26)30-8-2/h9-11,14-15,19,24H,7-8H2,1-6H3/t14-,15-/m0/s1. The fraction of sp³-hybridized carbons (Fsp3) is 0.478. The van der Waals surface area contributed by atoms with Gasteiger partial charge in [-0.25, -0.2) is 19.2 Å². The van der Waals surface area contributed by atoms with Crippen LogP contribution in [0.15, 0.2) is 39.4 Å². The first kappa shape index (κ1) is 26.1. The lowest BCUT2D eigenvalue weighted by Crippen LogP contribution is -2.36. The molecule has 1 aromatic rings. The van der Waals surface area contributed by atoms with Crippen molar-refractivity contribution in [3.05, 3.63) is 44.9 Å². The third kappa shape index (κ3) is 6.22. The van der Waals surface area contributed by atoms with Gasteiger partial charge < -0.3 is 24.3 Å². The van der Waals surface area contributed by atoms with Crippen molar-refractivity contribution in [1.82, 2.24) is 5.32 Å². The number of hydrogen-bond donors (Lipinski definition) is 1. The average Bonchev–Trinajstić information content (AvgIpc) is 3.27. The largest absolute Gasteiger partial charge is 0.463 e. The zero-order valence-corrected chi connectivity index (χ0v) is 20.4. The SMILES string of the molecule is CCOC(=O)[C@H](C)OC(=O)C1=C(C)NC(C)=C(C(=O)O[C@@H](C)C(=O)OCC)C1c1ccsc1. The van der Waals surface area contributed by atoms with Gasteiger partial charge >= 0.3 is 23.9 Å². The fourth-order valence-corrected chi connectivity index (χ4v) is 4.06. The van der Waals surface area contributed by atoms with E-state index in [1.807, 2.05) is 5.38 Å². The monoisotopic (exact) mass is 479 g/mol. The van der Waals surface area contributed by atoms with Crippen LogP contribution < -0.4 is 5.32 Å². The molecular weight excluding hydrogens is 450 g/mol. The molecule has 0 bridgehead atoms. The lowest BCUT2D eigenvalue weighted by molar-refractivity contribution is -0.164. The summed E-state index contributed by atoms with van der Waals surface area (Å²) in [5, 5.41) is 6.64. The highest BCUT2D eigenvalue weighted by molar-refractivity contribution is 7.08. The number of ether oxygens (including phenoxy) is 4. The highest BCUT2D eigenvalue weighted by Gasteiger charge is 2.40. The Balaban J connectivity index is 2.40. The molecule has 33 heavy (non-hydrogen) atoms. The Morgan fingerprint density at radius 1 is 0.909 bits per heavy atom. The van der Waals surface area contributed by atoms with Gasteiger partial charge in [0.15, 0.2) is 12.2 Å². The second-order valence-electron chi connectivity index (χ2n) is 7.29. The van der Waals surface area contributed by atoms with Crippen LogP contribution in [-0.2, 0) is 38.1 Å². The van der Waals surface area contributed by atoms with Gasteiger partial charge in [-0.3, -0.25) is 0 Å². The molecule has 0 unspecified atom stereocenters. The first-order chi connectivity index (χ1) is 15.6.